The molecule has 0 radical (unpaired) electrons. The van der Waals surface area contributed by atoms with Gasteiger partial charge in [-0.1, -0.05) is 19.1 Å². The number of hydrogen-bond donors (Lipinski definition) is 1. The fourth-order valence-corrected chi connectivity index (χ4v) is 4.78. The van der Waals surface area contributed by atoms with Gasteiger partial charge in [0.1, 0.15) is 0 Å². The molecule has 29 heavy (non-hydrogen) atoms. The lowest BCUT2D eigenvalue weighted by Gasteiger charge is -2.27. The first-order chi connectivity index (χ1) is 14.2. The van der Waals surface area contributed by atoms with Crippen LogP contribution >= 0.6 is 11.3 Å². The second kappa shape index (κ2) is 9.29. The summed E-state index contributed by atoms with van der Waals surface area (Å²) in [5, 5.41) is 5.08. The third kappa shape index (κ3) is 4.89. The summed E-state index contributed by atoms with van der Waals surface area (Å²) in [4.78, 5) is 25.1. The number of rotatable bonds is 7. The standard InChI is InChI=1S/C23H26N4OS/c1-2-17-5-6-19(26-13-17)14-27-11-8-20-21(16-29-22(20)15-27)23(28)25-10-7-18-4-3-9-24-12-18/h3-6,9,12-13,16H,2,7-8,10-11,14-15H2,1H3,(H,25,28). The number of nitrogens with zero attached hydrogens (tertiary/aromatic N) is 3. The highest BCUT2D eigenvalue weighted by atomic mass is 32.1. The van der Waals surface area contributed by atoms with E-state index in [1.54, 1.807) is 17.5 Å². The van der Waals surface area contributed by atoms with Gasteiger partial charge in [-0.05, 0) is 48.1 Å². The van der Waals surface area contributed by atoms with Crippen molar-refractivity contribution < 1.29 is 4.79 Å². The van der Waals surface area contributed by atoms with Crippen LogP contribution < -0.4 is 5.32 Å². The molecule has 5 nitrogen and oxygen atoms in total. The second-order valence-corrected chi connectivity index (χ2v) is 8.35. The molecule has 0 atom stereocenters. The van der Waals surface area contributed by atoms with Gasteiger partial charge in [-0.3, -0.25) is 19.7 Å². The molecule has 1 amide bonds. The van der Waals surface area contributed by atoms with Gasteiger partial charge < -0.3 is 5.32 Å². The van der Waals surface area contributed by atoms with Crippen molar-refractivity contribution in [2.75, 3.05) is 13.1 Å². The molecule has 4 heterocycles. The van der Waals surface area contributed by atoms with E-state index < -0.39 is 0 Å². The van der Waals surface area contributed by atoms with Gasteiger partial charge >= 0.3 is 0 Å². The Hall–Kier alpha value is -2.57. The number of fused-ring (bicyclic) bond motifs is 1. The second-order valence-electron chi connectivity index (χ2n) is 7.39. The molecular formula is C23H26N4OS. The van der Waals surface area contributed by atoms with Gasteiger partial charge in [-0.15, -0.1) is 11.3 Å². The zero-order valence-electron chi connectivity index (χ0n) is 16.7. The normalized spacial score (nSPS) is 13.8. The molecule has 1 N–H and O–H groups in total. The van der Waals surface area contributed by atoms with Crippen LogP contribution in [-0.4, -0.2) is 33.9 Å². The van der Waals surface area contributed by atoms with Crippen molar-refractivity contribution in [3.63, 3.8) is 0 Å². The number of aryl methyl sites for hydroxylation is 1. The van der Waals surface area contributed by atoms with Crippen molar-refractivity contribution in [1.29, 1.82) is 0 Å². The van der Waals surface area contributed by atoms with Gasteiger partial charge in [0.2, 0.25) is 0 Å². The maximum absolute atomic E-state index is 12.7. The summed E-state index contributed by atoms with van der Waals surface area (Å²) < 4.78 is 0. The summed E-state index contributed by atoms with van der Waals surface area (Å²) in [7, 11) is 0. The Morgan fingerprint density at radius 1 is 1.24 bits per heavy atom. The van der Waals surface area contributed by atoms with Crippen LogP contribution in [-0.2, 0) is 32.4 Å². The number of carbonyl (C=O) groups is 1. The third-order valence-electron chi connectivity index (χ3n) is 5.37. The highest BCUT2D eigenvalue weighted by Gasteiger charge is 2.24. The van der Waals surface area contributed by atoms with E-state index >= 15 is 0 Å². The minimum Gasteiger partial charge on any atom is -0.352 e. The number of amides is 1. The SMILES string of the molecule is CCc1ccc(CN2CCc3c(C(=O)NCCc4cccnc4)csc3C2)nc1. The van der Waals surface area contributed by atoms with Crippen LogP contribution in [0.15, 0.2) is 48.2 Å². The number of aromatic nitrogens is 2. The molecule has 3 aromatic rings. The van der Waals surface area contributed by atoms with Crippen LogP contribution in [0.4, 0.5) is 0 Å². The van der Waals surface area contributed by atoms with Gasteiger partial charge in [0.05, 0.1) is 11.3 Å². The topological polar surface area (TPSA) is 58.1 Å². The summed E-state index contributed by atoms with van der Waals surface area (Å²) in [5.74, 6) is 0.0386. The summed E-state index contributed by atoms with van der Waals surface area (Å²) in [6.45, 7) is 5.47. The Morgan fingerprint density at radius 2 is 2.17 bits per heavy atom. The maximum Gasteiger partial charge on any atom is 0.252 e. The van der Waals surface area contributed by atoms with Crippen LogP contribution in [0.25, 0.3) is 0 Å². The molecule has 0 saturated heterocycles. The van der Waals surface area contributed by atoms with E-state index in [1.807, 2.05) is 29.9 Å². The molecule has 0 aliphatic carbocycles. The molecule has 0 bridgehead atoms. The van der Waals surface area contributed by atoms with Crippen molar-refractivity contribution in [2.45, 2.75) is 39.3 Å². The molecule has 4 rings (SSSR count). The molecule has 3 aromatic heterocycles. The number of carbonyl (C=O) groups excluding carboxylic acids is 1. The first kappa shape index (κ1) is 19.7. The van der Waals surface area contributed by atoms with Gasteiger partial charge in [0, 0.05) is 55.0 Å². The first-order valence-corrected chi connectivity index (χ1v) is 11.0. The Morgan fingerprint density at radius 3 is 2.93 bits per heavy atom. The molecule has 0 spiro atoms. The maximum atomic E-state index is 12.7. The Kier molecular flexibility index (Phi) is 6.32. The lowest BCUT2D eigenvalue weighted by atomic mass is 10.0. The lowest BCUT2D eigenvalue weighted by Crippen LogP contribution is -2.31. The van der Waals surface area contributed by atoms with Crippen LogP contribution in [0.2, 0.25) is 0 Å². The van der Waals surface area contributed by atoms with Gasteiger partial charge in [-0.25, -0.2) is 0 Å². The largest absolute Gasteiger partial charge is 0.352 e. The third-order valence-corrected chi connectivity index (χ3v) is 6.39. The Bertz CT molecular complexity index is 953. The Balaban J connectivity index is 1.33. The van der Waals surface area contributed by atoms with E-state index in [4.69, 9.17) is 0 Å². The van der Waals surface area contributed by atoms with E-state index in [2.05, 4.69) is 39.2 Å². The lowest BCUT2D eigenvalue weighted by molar-refractivity contribution is 0.0953. The van der Waals surface area contributed by atoms with Crippen molar-refractivity contribution in [3.05, 3.63) is 81.1 Å². The smallest absolute Gasteiger partial charge is 0.252 e. The summed E-state index contributed by atoms with van der Waals surface area (Å²) in [5.41, 5.74) is 5.58. The van der Waals surface area contributed by atoms with E-state index in [0.717, 1.165) is 55.7 Å². The highest BCUT2D eigenvalue weighted by Crippen LogP contribution is 2.29. The fourth-order valence-electron chi connectivity index (χ4n) is 3.66. The zero-order valence-corrected chi connectivity index (χ0v) is 17.5. The number of pyridine rings is 2. The quantitative estimate of drug-likeness (QED) is 0.651. The number of thiophene rings is 1. The van der Waals surface area contributed by atoms with Gasteiger partial charge in [0.25, 0.3) is 5.91 Å². The monoisotopic (exact) mass is 406 g/mol. The molecular weight excluding hydrogens is 380 g/mol. The van der Waals surface area contributed by atoms with Crippen LogP contribution in [0.5, 0.6) is 0 Å². The van der Waals surface area contributed by atoms with Gasteiger partial charge in [0.15, 0.2) is 0 Å². The summed E-state index contributed by atoms with van der Waals surface area (Å²) in [6.07, 6.45) is 8.31. The van der Waals surface area contributed by atoms with E-state index in [0.29, 0.717) is 6.54 Å². The van der Waals surface area contributed by atoms with Gasteiger partial charge in [-0.2, -0.15) is 0 Å². The molecule has 0 saturated carbocycles. The van der Waals surface area contributed by atoms with Crippen molar-refractivity contribution in [1.82, 2.24) is 20.2 Å². The van der Waals surface area contributed by atoms with Crippen molar-refractivity contribution in [2.24, 2.45) is 0 Å². The number of nitrogens with one attached hydrogen (secondary N) is 1. The van der Waals surface area contributed by atoms with Crippen molar-refractivity contribution >= 4 is 17.2 Å². The predicted octanol–water partition coefficient (Wildman–Crippen LogP) is 3.63. The summed E-state index contributed by atoms with van der Waals surface area (Å²) in [6, 6.07) is 8.25. The molecule has 1 aliphatic rings. The first-order valence-electron chi connectivity index (χ1n) is 10.2. The predicted molar refractivity (Wildman–Crippen MR) is 116 cm³/mol. The molecule has 0 aromatic carbocycles. The fraction of sp³-hybridized carbons (Fsp3) is 0.348. The molecule has 0 fully saturated rings. The molecule has 1 aliphatic heterocycles. The molecule has 0 unspecified atom stereocenters. The van der Waals surface area contributed by atoms with E-state index in [1.165, 1.54) is 16.0 Å². The zero-order chi connectivity index (χ0) is 20.1. The summed E-state index contributed by atoms with van der Waals surface area (Å²) >= 11 is 1.70. The Labute approximate surface area is 175 Å². The highest BCUT2D eigenvalue weighted by molar-refractivity contribution is 7.10. The minimum absolute atomic E-state index is 0.0386. The van der Waals surface area contributed by atoms with Crippen LogP contribution in [0.3, 0.4) is 0 Å². The average Bonchev–Trinajstić information content (AvgIpc) is 3.18. The molecule has 150 valence electrons. The number of hydrogen-bond acceptors (Lipinski definition) is 5. The average molecular weight is 407 g/mol. The van der Waals surface area contributed by atoms with E-state index in [-0.39, 0.29) is 5.91 Å². The van der Waals surface area contributed by atoms with E-state index in [9.17, 15) is 4.79 Å². The van der Waals surface area contributed by atoms with Crippen LogP contribution in [0.1, 0.15) is 44.5 Å². The van der Waals surface area contributed by atoms with Crippen molar-refractivity contribution in [3.8, 4) is 0 Å². The van der Waals surface area contributed by atoms with Crippen LogP contribution in [0, 0.1) is 0 Å². The molecule has 6 heteroatoms. The minimum atomic E-state index is 0.0386.